The monoisotopic (exact) mass is 477 g/mol. The molecule has 0 saturated heterocycles. The summed E-state index contributed by atoms with van der Waals surface area (Å²) in [7, 11) is 2.90. The van der Waals surface area contributed by atoms with Crippen LogP contribution in [0.5, 0.6) is 5.75 Å². The molecule has 0 aromatic heterocycles. The molecule has 0 saturated carbocycles. The van der Waals surface area contributed by atoms with Gasteiger partial charge in [-0.1, -0.05) is 60.7 Å². The minimum absolute atomic E-state index is 0.0788. The van der Waals surface area contributed by atoms with Gasteiger partial charge in [-0.05, 0) is 39.9 Å². The van der Waals surface area contributed by atoms with E-state index in [1.807, 2.05) is 48.5 Å². The van der Waals surface area contributed by atoms with Crippen molar-refractivity contribution in [2.24, 2.45) is 0 Å². The van der Waals surface area contributed by atoms with Crippen molar-refractivity contribution in [3.05, 3.63) is 89.5 Å². The maximum absolute atomic E-state index is 12.7. The number of hydrogen-bond acceptors (Lipinski definition) is 6. The minimum Gasteiger partial charge on any atom is -0.480 e. The molecule has 0 unspecified atom stereocenters. The zero-order valence-electron chi connectivity index (χ0n) is 19.5. The second-order valence-corrected chi connectivity index (χ2v) is 8.06. The number of rotatable bonds is 10. The second-order valence-electron chi connectivity index (χ2n) is 8.06. The Hall–Kier alpha value is -3.88. The Morgan fingerprint density at radius 3 is 2.06 bits per heavy atom. The number of amides is 1. The van der Waals surface area contributed by atoms with E-state index in [1.54, 1.807) is 24.3 Å². The van der Waals surface area contributed by atoms with Crippen LogP contribution >= 0.6 is 0 Å². The van der Waals surface area contributed by atoms with E-state index in [0.717, 1.165) is 22.3 Å². The van der Waals surface area contributed by atoms with Crippen LogP contribution in [0, 0.1) is 0 Å². The van der Waals surface area contributed by atoms with E-state index < -0.39 is 24.2 Å². The van der Waals surface area contributed by atoms with Crippen LogP contribution in [0.3, 0.4) is 0 Å². The molecular weight excluding hydrogens is 450 g/mol. The number of methoxy groups -OCH3 is 2. The summed E-state index contributed by atoms with van der Waals surface area (Å²) in [6.45, 7) is 0.170. The summed E-state index contributed by atoms with van der Waals surface area (Å²) in [4.78, 5) is 24.7. The lowest BCUT2D eigenvalue weighted by Crippen LogP contribution is -2.46. The summed E-state index contributed by atoms with van der Waals surface area (Å²) in [5.41, 5.74) is 4.92. The molecule has 0 bridgehead atoms. The summed E-state index contributed by atoms with van der Waals surface area (Å²) < 4.78 is 21.2. The van der Waals surface area contributed by atoms with Crippen molar-refractivity contribution in [1.82, 2.24) is 5.32 Å². The lowest BCUT2D eigenvalue weighted by atomic mass is 9.98. The van der Waals surface area contributed by atoms with Crippen LogP contribution in [0.1, 0.15) is 28.7 Å². The Balaban J connectivity index is 1.44. The number of ether oxygens (including phenoxy) is 4. The van der Waals surface area contributed by atoms with E-state index in [9.17, 15) is 14.7 Å². The van der Waals surface area contributed by atoms with Crippen LogP contribution < -0.4 is 10.1 Å². The second kappa shape index (κ2) is 11.0. The molecule has 35 heavy (non-hydrogen) atoms. The molecule has 0 spiro atoms. The van der Waals surface area contributed by atoms with Gasteiger partial charge in [0.1, 0.15) is 18.5 Å². The summed E-state index contributed by atoms with van der Waals surface area (Å²) in [6.07, 6.45) is -1.77. The molecule has 0 radical (unpaired) electrons. The standard InChI is InChI=1S/C27H27NO7/c1-32-16-35-18-13-11-17(12-14-18)25(33-2)24(26(29)30)28-27(31)34-15-23-21-9-5-3-7-19(21)20-8-4-6-10-22(20)23/h3-14,23-25H,15-16H2,1-2H3,(H,28,31)(H,29,30)/t24-,25-/m1/s1. The van der Waals surface area contributed by atoms with E-state index >= 15 is 0 Å². The zero-order valence-corrected chi connectivity index (χ0v) is 19.5. The first-order valence-electron chi connectivity index (χ1n) is 11.1. The number of fused-ring (bicyclic) bond motifs is 3. The average Bonchev–Trinajstić information content (AvgIpc) is 3.20. The highest BCUT2D eigenvalue weighted by Crippen LogP contribution is 2.44. The van der Waals surface area contributed by atoms with Gasteiger partial charge in [-0.2, -0.15) is 0 Å². The van der Waals surface area contributed by atoms with Gasteiger partial charge in [0.05, 0.1) is 0 Å². The van der Waals surface area contributed by atoms with Crippen molar-refractivity contribution in [1.29, 1.82) is 0 Å². The lowest BCUT2D eigenvalue weighted by molar-refractivity contribution is -0.143. The molecule has 3 aromatic rings. The van der Waals surface area contributed by atoms with E-state index in [4.69, 9.17) is 18.9 Å². The molecule has 0 heterocycles. The summed E-state index contributed by atoms with van der Waals surface area (Å²) in [5.74, 6) is -0.818. The fourth-order valence-electron chi connectivity index (χ4n) is 4.38. The first-order chi connectivity index (χ1) is 17.0. The molecule has 1 amide bonds. The predicted octanol–water partition coefficient (Wildman–Crippen LogP) is 4.35. The van der Waals surface area contributed by atoms with Crippen LogP contribution in [0.15, 0.2) is 72.8 Å². The lowest BCUT2D eigenvalue weighted by Gasteiger charge is -2.24. The van der Waals surface area contributed by atoms with Crippen LogP contribution in [0.25, 0.3) is 11.1 Å². The van der Waals surface area contributed by atoms with E-state index in [0.29, 0.717) is 11.3 Å². The number of carboxylic acid groups (broad SMARTS) is 1. The van der Waals surface area contributed by atoms with Gasteiger partial charge >= 0.3 is 12.1 Å². The van der Waals surface area contributed by atoms with E-state index in [-0.39, 0.29) is 19.3 Å². The first kappa shape index (κ1) is 24.3. The molecule has 0 aliphatic heterocycles. The molecule has 8 heteroatoms. The molecule has 1 aliphatic rings. The fourth-order valence-corrected chi connectivity index (χ4v) is 4.38. The molecule has 3 aromatic carbocycles. The van der Waals surface area contributed by atoms with Gasteiger partial charge in [-0.3, -0.25) is 0 Å². The number of carbonyl (C=O) groups excluding carboxylic acids is 1. The Labute approximate surface area is 203 Å². The highest BCUT2D eigenvalue weighted by atomic mass is 16.7. The largest absolute Gasteiger partial charge is 0.480 e. The van der Waals surface area contributed by atoms with Crippen molar-refractivity contribution in [3.63, 3.8) is 0 Å². The molecule has 4 rings (SSSR count). The Morgan fingerprint density at radius 1 is 0.914 bits per heavy atom. The van der Waals surface area contributed by atoms with Crippen LogP contribution in [0.4, 0.5) is 4.79 Å². The maximum Gasteiger partial charge on any atom is 0.407 e. The van der Waals surface area contributed by atoms with Crippen LogP contribution in [0.2, 0.25) is 0 Å². The molecule has 2 atom stereocenters. The van der Waals surface area contributed by atoms with Crippen molar-refractivity contribution in [3.8, 4) is 16.9 Å². The molecule has 182 valence electrons. The van der Waals surface area contributed by atoms with Gasteiger partial charge in [0.15, 0.2) is 12.8 Å². The SMILES string of the molecule is COCOc1ccc([C@@H](OC)[C@@H](NC(=O)OCC2c3ccccc3-c3ccccc32)C(=O)O)cc1. The summed E-state index contributed by atoms with van der Waals surface area (Å²) >= 11 is 0. The fraction of sp³-hybridized carbons (Fsp3) is 0.259. The number of carbonyl (C=O) groups is 2. The Morgan fingerprint density at radius 2 is 1.51 bits per heavy atom. The predicted molar refractivity (Wildman–Crippen MR) is 128 cm³/mol. The van der Waals surface area contributed by atoms with E-state index in [1.165, 1.54) is 14.2 Å². The van der Waals surface area contributed by atoms with Crippen molar-refractivity contribution in [2.75, 3.05) is 27.6 Å². The third-order valence-electron chi connectivity index (χ3n) is 5.99. The van der Waals surface area contributed by atoms with Crippen molar-refractivity contribution < 1.29 is 33.6 Å². The van der Waals surface area contributed by atoms with Crippen LogP contribution in [-0.4, -0.2) is 50.8 Å². The molecule has 8 nitrogen and oxygen atoms in total. The van der Waals surface area contributed by atoms with Gasteiger partial charge in [0.2, 0.25) is 0 Å². The Kier molecular flexibility index (Phi) is 7.64. The summed E-state index contributed by atoms with van der Waals surface area (Å²) in [5, 5.41) is 12.3. The highest BCUT2D eigenvalue weighted by molar-refractivity contribution is 5.81. The quantitative estimate of drug-likeness (QED) is 0.419. The van der Waals surface area contributed by atoms with Gasteiger partial charge < -0.3 is 29.4 Å². The third kappa shape index (κ3) is 5.29. The smallest absolute Gasteiger partial charge is 0.407 e. The molecule has 0 fully saturated rings. The molecule has 2 N–H and O–H groups in total. The number of aliphatic carboxylic acids is 1. The van der Waals surface area contributed by atoms with Gasteiger partial charge in [0.25, 0.3) is 0 Å². The summed E-state index contributed by atoms with van der Waals surface area (Å²) in [6, 6.07) is 21.3. The van der Waals surface area contributed by atoms with Crippen LogP contribution in [-0.2, 0) is 19.0 Å². The number of hydrogen-bond donors (Lipinski definition) is 2. The third-order valence-corrected chi connectivity index (χ3v) is 5.99. The molecule has 1 aliphatic carbocycles. The Bertz CT molecular complexity index is 1130. The van der Waals surface area contributed by atoms with Gasteiger partial charge in [-0.25, -0.2) is 9.59 Å². The van der Waals surface area contributed by atoms with E-state index in [2.05, 4.69) is 5.32 Å². The number of nitrogens with one attached hydrogen (secondary N) is 1. The molecular formula is C27H27NO7. The van der Waals surface area contributed by atoms with Crippen molar-refractivity contribution >= 4 is 12.1 Å². The zero-order chi connectivity index (χ0) is 24.8. The number of carboxylic acids is 1. The van der Waals surface area contributed by atoms with Gasteiger partial charge in [0, 0.05) is 20.1 Å². The maximum atomic E-state index is 12.7. The van der Waals surface area contributed by atoms with Crippen molar-refractivity contribution in [2.45, 2.75) is 18.1 Å². The average molecular weight is 478 g/mol. The highest BCUT2D eigenvalue weighted by Gasteiger charge is 2.33. The number of alkyl carbamates (subject to hydrolysis) is 1. The number of benzene rings is 3. The first-order valence-corrected chi connectivity index (χ1v) is 11.1. The van der Waals surface area contributed by atoms with Gasteiger partial charge in [-0.15, -0.1) is 0 Å². The topological polar surface area (TPSA) is 103 Å². The minimum atomic E-state index is -1.36. The normalized spacial score (nSPS) is 13.9.